The summed E-state index contributed by atoms with van der Waals surface area (Å²) < 4.78 is 15.8. The Morgan fingerprint density at radius 3 is 2.16 bits per heavy atom. The second-order valence-electron chi connectivity index (χ2n) is 6.60. The molecule has 0 atom stereocenters. The van der Waals surface area contributed by atoms with Crippen LogP contribution in [0.25, 0.3) is 17.3 Å². The van der Waals surface area contributed by atoms with E-state index in [4.69, 9.17) is 0 Å². The number of nitrogens with zero attached hydrogens (tertiary/aromatic N) is 3. The van der Waals surface area contributed by atoms with Crippen molar-refractivity contribution in [3.05, 3.63) is 18.6 Å². The van der Waals surface area contributed by atoms with Crippen molar-refractivity contribution >= 4 is 32.8 Å². The molecule has 0 saturated heterocycles. The predicted octanol–water partition coefficient (Wildman–Crippen LogP) is 2.33. The number of imidazole rings is 1. The highest BCUT2D eigenvalue weighted by atomic mass is 28.3. The summed E-state index contributed by atoms with van der Waals surface area (Å²) in [6.07, 6.45) is 1.29. The van der Waals surface area contributed by atoms with Gasteiger partial charge in [0.2, 0.25) is 8.24 Å². The number of rotatable bonds is 2. The van der Waals surface area contributed by atoms with Crippen LogP contribution in [0.1, 0.15) is 0 Å². The first-order chi connectivity index (χ1) is 8.10. The zero-order valence-electron chi connectivity index (χ0n) is 12.4. The molecule has 0 spiro atoms. The van der Waals surface area contributed by atoms with Crippen molar-refractivity contribution in [2.75, 3.05) is 0 Å². The molecule has 0 amide bonds. The number of nitrogens with two attached hydrogens (primary N) is 1. The van der Waals surface area contributed by atoms with E-state index >= 15 is 0 Å². The fourth-order valence-electron chi connectivity index (χ4n) is 1.97. The topological polar surface area (TPSA) is 79.0 Å². The Hall–Kier alpha value is -1.13. The summed E-state index contributed by atoms with van der Waals surface area (Å²) >= 11 is 0. The molecule has 19 heavy (non-hydrogen) atoms. The molecule has 0 aromatic carbocycles. The second-order valence-corrected chi connectivity index (χ2v) is 16.4. The first-order valence-corrected chi connectivity index (χ1v) is 13.0. The molecule has 0 bridgehead atoms. The van der Waals surface area contributed by atoms with E-state index < -0.39 is 22.4 Å². The minimum atomic E-state index is -1.70. The summed E-state index contributed by atoms with van der Waals surface area (Å²) in [6, 6.07) is 0. The van der Waals surface area contributed by atoms with Gasteiger partial charge in [0.25, 0.3) is 5.65 Å². The lowest BCUT2D eigenvalue weighted by molar-refractivity contribution is -0.518. The maximum Gasteiger partial charge on any atom is 0.384 e. The summed E-state index contributed by atoms with van der Waals surface area (Å²) in [5.74, 6) is 0. The SMILES string of the molecule is C[Si](C)(C)c1nc(F)nc2c1[nH]c[n+]2[Si](C)(C)C.[NH2-]. The molecule has 0 radical (unpaired) electrons. The monoisotopic (exact) mass is 299 g/mol. The molecule has 2 aromatic rings. The fourth-order valence-corrected chi connectivity index (χ4v) is 4.58. The van der Waals surface area contributed by atoms with Gasteiger partial charge in [-0.1, -0.05) is 24.6 Å². The van der Waals surface area contributed by atoms with Gasteiger partial charge in [0, 0.05) is 0 Å². The Balaban J connectivity index is 0.00000180. The molecular weight excluding hydrogens is 277 g/mol. The normalized spacial score (nSPS) is 12.6. The third kappa shape index (κ3) is 2.90. The van der Waals surface area contributed by atoms with Crippen molar-refractivity contribution in [1.82, 2.24) is 15.0 Å². The van der Waals surface area contributed by atoms with Gasteiger partial charge in [-0.25, -0.2) is 0 Å². The number of aromatic amines is 1. The van der Waals surface area contributed by atoms with Gasteiger partial charge in [-0.05, 0) is 19.6 Å². The molecule has 2 heterocycles. The highest BCUT2D eigenvalue weighted by Crippen LogP contribution is 2.10. The van der Waals surface area contributed by atoms with Gasteiger partial charge in [-0.2, -0.15) is 4.98 Å². The first kappa shape index (κ1) is 15.9. The standard InChI is InChI=1S/C11H19FN4Si2.H2N/c1-17(2,3)10-8-9(14-11(12)15-10)16(7-13-8)18(4,5)6;/h7H,1-6H3;1H2/q;-1/p+1. The average molecular weight is 300 g/mol. The molecule has 2 rings (SSSR count). The molecule has 0 saturated carbocycles. The number of nitrogens with one attached hydrogen (secondary N) is 1. The molecule has 0 fully saturated rings. The van der Waals surface area contributed by atoms with Gasteiger partial charge < -0.3 is 6.15 Å². The van der Waals surface area contributed by atoms with Gasteiger partial charge in [-0.3, -0.25) is 9.22 Å². The smallest absolute Gasteiger partial charge is 0.384 e. The summed E-state index contributed by atoms with van der Waals surface area (Å²) in [4.78, 5) is 11.2. The summed E-state index contributed by atoms with van der Waals surface area (Å²) in [6.45, 7) is 13.1. The van der Waals surface area contributed by atoms with Gasteiger partial charge in [-0.15, -0.1) is 4.39 Å². The third-order valence-corrected chi connectivity index (χ3v) is 6.43. The van der Waals surface area contributed by atoms with Crippen LogP contribution in [0.2, 0.25) is 39.3 Å². The Labute approximate surface area is 115 Å². The average Bonchev–Trinajstić information content (AvgIpc) is 2.57. The van der Waals surface area contributed by atoms with Crippen LogP contribution < -0.4 is 9.55 Å². The van der Waals surface area contributed by atoms with Crippen LogP contribution in [0, 0.1) is 6.08 Å². The minimum absolute atomic E-state index is 0. The maximum atomic E-state index is 13.7. The fraction of sp³-hybridized carbons (Fsp3) is 0.545. The van der Waals surface area contributed by atoms with Crippen LogP contribution in [-0.2, 0) is 0 Å². The second kappa shape index (κ2) is 4.76. The molecule has 3 N–H and O–H groups in total. The van der Waals surface area contributed by atoms with Crippen molar-refractivity contribution in [2.45, 2.75) is 39.3 Å². The first-order valence-electron chi connectivity index (χ1n) is 6.08. The van der Waals surface area contributed by atoms with Crippen molar-refractivity contribution in [3.8, 4) is 0 Å². The molecule has 0 aliphatic rings. The molecule has 0 unspecified atom stereocenters. The predicted molar refractivity (Wildman–Crippen MR) is 81.1 cm³/mol. The van der Waals surface area contributed by atoms with E-state index in [1.807, 2.05) is 6.33 Å². The molecule has 0 aliphatic heterocycles. The molecule has 5 nitrogen and oxygen atoms in total. The van der Waals surface area contributed by atoms with Crippen LogP contribution in [0.3, 0.4) is 0 Å². The lowest BCUT2D eigenvalue weighted by Gasteiger charge is -2.15. The van der Waals surface area contributed by atoms with E-state index in [0.29, 0.717) is 5.65 Å². The third-order valence-electron chi connectivity index (χ3n) is 2.86. The van der Waals surface area contributed by atoms with E-state index in [1.54, 1.807) is 0 Å². The Bertz CT molecular complexity index is 597. The Morgan fingerprint density at radius 1 is 1.11 bits per heavy atom. The lowest BCUT2D eigenvalue weighted by Crippen LogP contribution is -2.57. The van der Waals surface area contributed by atoms with Crippen LogP contribution in [0.4, 0.5) is 4.39 Å². The number of H-pyrrole nitrogens is 1. The summed E-state index contributed by atoms with van der Waals surface area (Å²) in [7, 11) is -3.30. The van der Waals surface area contributed by atoms with E-state index in [9.17, 15) is 4.39 Å². The van der Waals surface area contributed by atoms with E-state index in [1.165, 1.54) is 0 Å². The van der Waals surface area contributed by atoms with Crippen LogP contribution in [0.5, 0.6) is 0 Å². The number of hydrogen-bond acceptors (Lipinski definition) is 2. The number of aromatic nitrogens is 4. The van der Waals surface area contributed by atoms with Crippen molar-refractivity contribution in [3.63, 3.8) is 0 Å². The zero-order valence-corrected chi connectivity index (χ0v) is 14.4. The summed E-state index contributed by atoms with van der Waals surface area (Å²) in [5.41, 5.74) is 1.61. The summed E-state index contributed by atoms with van der Waals surface area (Å²) in [5, 5.41) is 0.863. The van der Waals surface area contributed by atoms with Crippen molar-refractivity contribution < 1.29 is 8.62 Å². The zero-order chi connectivity index (χ0) is 13.7. The quantitative estimate of drug-likeness (QED) is 0.682. The Morgan fingerprint density at radius 2 is 1.68 bits per heavy atom. The van der Waals surface area contributed by atoms with Crippen molar-refractivity contribution in [2.24, 2.45) is 0 Å². The maximum absolute atomic E-state index is 13.7. The molecule has 8 heteroatoms. The highest BCUT2D eigenvalue weighted by molar-refractivity contribution is 6.89. The van der Waals surface area contributed by atoms with E-state index in [2.05, 4.69) is 58.5 Å². The van der Waals surface area contributed by atoms with Gasteiger partial charge >= 0.3 is 6.08 Å². The molecule has 2 aromatic heterocycles. The minimum Gasteiger partial charge on any atom is -0.693 e. The van der Waals surface area contributed by atoms with Gasteiger partial charge in [0.1, 0.15) is 8.07 Å². The Kier molecular flexibility index (Phi) is 3.99. The van der Waals surface area contributed by atoms with E-state index in [0.717, 1.165) is 10.8 Å². The van der Waals surface area contributed by atoms with Gasteiger partial charge in [0.15, 0.2) is 11.8 Å². The highest BCUT2D eigenvalue weighted by Gasteiger charge is 2.32. The molecule has 106 valence electrons. The van der Waals surface area contributed by atoms with Crippen LogP contribution >= 0.6 is 0 Å². The number of hydrogen-bond donors (Lipinski definition) is 1. The van der Waals surface area contributed by atoms with Gasteiger partial charge in [0.05, 0.1) is 5.32 Å². The van der Waals surface area contributed by atoms with Crippen LogP contribution in [-0.4, -0.2) is 31.3 Å². The number of fused-ring (bicyclic) bond motifs is 1. The molecular formula is C11H22FN5Si2. The van der Waals surface area contributed by atoms with Crippen LogP contribution in [0.15, 0.2) is 6.33 Å². The molecule has 0 aliphatic carbocycles. The van der Waals surface area contributed by atoms with Crippen molar-refractivity contribution in [1.29, 1.82) is 0 Å². The largest absolute Gasteiger partial charge is 0.693 e. The number of halogens is 1. The lowest BCUT2D eigenvalue weighted by atomic mass is 10.6. The van der Waals surface area contributed by atoms with E-state index in [-0.39, 0.29) is 6.15 Å².